The van der Waals surface area contributed by atoms with Crippen LogP contribution in [0.3, 0.4) is 0 Å². The Hall–Kier alpha value is -4.35. The molecule has 8 nitrogen and oxygen atoms in total. The number of nitrogens with zero attached hydrogens (tertiary/aromatic N) is 6. The highest BCUT2D eigenvalue weighted by molar-refractivity contribution is 6.33. The number of aromatic nitrogens is 5. The Balaban J connectivity index is 1.28. The van der Waals surface area contributed by atoms with Crippen molar-refractivity contribution >= 4 is 34.3 Å². The molecule has 0 aliphatic carbocycles. The number of benzene rings is 2. The number of piperidine rings is 1. The van der Waals surface area contributed by atoms with Gasteiger partial charge in [-0.3, -0.25) is 9.36 Å². The van der Waals surface area contributed by atoms with Crippen LogP contribution in [0, 0.1) is 0 Å². The quantitative estimate of drug-likeness (QED) is 0.216. The van der Waals surface area contributed by atoms with Crippen LogP contribution in [0.5, 0.6) is 0 Å². The maximum atomic E-state index is 13.6. The van der Waals surface area contributed by atoms with Gasteiger partial charge in [-0.1, -0.05) is 35.9 Å². The molecule has 1 N–H and O–H groups in total. The highest BCUT2D eigenvalue weighted by Gasteiger charge is 2.33. The lowest BCUT2D eigenvalue weighted by Crippen LogP contribution is -2.29. The van der Waals surface area contributed by atoms with Gasteiger partial charge in [-0.05, 0) is 81.7 Å². The van der Waals surface area contributed by atoms with E-state index in [9.17, 15) is 18.0 Å². The summed E-state index contributed by atoms with van der Waals surface area (Å²) in [5.74, 6) is 0.925. The molecule has 1 saturated heterocycles. The second-order valence-electron chi connectivity index (χ2n) is 10.9. The molecule has 0 bridgehead atoms. The average molecular weight is 620 g/mol. The first-order valence-electron chi connectivity index (χ1n) is 14.3. The minimum absolute atomic E-state index is 0.0649. The fourth-order valence-electron chi connectivity index (χ4n) is 5.58. The average Bonchev–Trinajstić information content (AvgIpc) is 3.01. The largest absolute Gasteiger partial charge is 0.433 e. The molecule has 4 heterocycles. The maximum absolute atomic E-state index is 13.6. The van der Waals surface area contributed by atoms with Crippen molar-refractivity contribution in [1.82, 2.24) is 29.4 Å². The van der Waals surface area contributed by atoms with Gasteiger partial charge < -0.3 is 10.2 Å². The van der Waals surface area contributed by atoms with E-state index in [1.165, 1.54) is 11.6 Å². The van der Waals surface area contributed by atoms with Crippen molar-refractivity contribution in [2.75, 3.05) is 25.5 Å². The highest BCUT2D eigenvalue weighted by atomic mass is 35.5. The molecule has 0 saturated carbocycles. The SMILES string of the molecule is CCn1c(=O)c(-c2ccc(-c3cc(C(F)(F)F)ncn3)cc2Cl)cc2cnc(Nc3ccc(C4CCN(C)CC4)cc3)nc21. The Bertz CT molecular complexity index is 1880. The minimum Gasteiger partial charge on any atom is -0.324 e. The summed E-state index contributed by atoms with van der Waals surface area (Å²) in [5.41, 5.74) is 2.47. The van der Waals surface area contributed by atoms with Crippen molar-refractivity contribution in [2.24, 2.45) is 0 Å². The van der Waals surface area contributed by atoms with Gasteiger partial charge in [0.05, 0.1) is 5.69 Å². The predicted molar refractivity (Wildman–Crippen MR) is 165 cm³/mol. The topological polar surface area (TPSA) is 88.8 Å². The summed E-state index contributed by atoms with van der Waals surface area (Å²) in [4.78, 5) is 32.4. The molecule has 0 unspecified atom stereocenters. The van der Waals surface area contributed by atoms with Gasteiger partial charge in [0.25, 0.3) is 5.56 Å². The third-order valence-electron chi connectivity index (χ3n) is 8.01. The molecule has 12 heteroatoms. The van der Waals surface area contributed by atoms with Crippen molar-refractivity contribution in [3.8, 4) is 22.4 Å². The standard InChI is InChI=1S/C32H29ClF3N7O/c1-3-43-29-22(17-37-31(41-29)40-23-7-4-19(5-8-23)20-10-12-42(2)13-11-20)14-25(30(43)44)24-9-6-21(15-26(24)33)27-16-28(32(34,35)36)39-18-38-27/h4-9,14-18,20H,3,10-13H2,1-2H3,(H,37,40,41). The van der Waals surface area contributed by atoms with E-state index in [1.807, 2.05) is 19.1 Å². The molecule has 0 atom stereocenters. The van der Waals surface area contributed by atoms with Gasteiger partial charge in [0.2, 0.25) is 5.95 Å². The van der Waals surface area contributed by atoms with Crippen LogP contribution in [0.15, 0.2) is 71.9 Å². The van der Waals surface area contributed by atoms with E-state index in [-0.39, 0.29) is 16.3 Å². The molecule has 1 aliphatic rings. The molecule has 1 aliphatic heterocycles. The lowest BCUT2D eigenvalue weighted by molar-refractivity contribution is -0.141. The Morgan fingerprint density at radius 2 is 1.73 bits per heavy atom. The van der Waals surface area contributed by atoms with Gasteiger partial charge in [0.1, 0.15) is 17.7 Å². The van der Waals surface area contributed by atoms with Gasteiger partial charge >= 0.3 is 6.18 Å². The fraction of sp³-hybridized carbons (Fsp3) is 0.281. The summed E-state index contributed by atoms with van der Waals surface area (Å²) in [6, 6.07) is 15.5. The van der Waals surface area contributed by atoms with Crippen LogP contribution in [0.4, 0.5) is 24.8 Å². The Morgan fingerprint density at radius 3 is 2.41 bits per heavy atom. The molecule has 44 heavy (non-hydrogen) atoms. The Morgan fingerprint density at radius 1 is 0.977 bits per heavy atom. The van der Waals surface area contributed by atoms with E-state index < -0.39 is 11.9 Å². The first-order chi connectivity index (χ1) is 21.1. The molecular formula is C32H29ClF3N7O. The summed E-state index contributed by atoms with van der Waals surface area (Å²) in [7, 11) is 2.15. The summed E-state index contributed by atoms with van der Waals surface area (Å²) in [5, 5.41) is 4.07. The number of halogens is 4. The fourth-order valence-corrected chi connectivity index (χ4v) is 5.86. The second kappa shape index (κ2) is 12.0. The molecule has 3 aromatic heterocycles. The first kappa shape index (κ1) is 29.7. The number of rotatable bonds is 6. The molecule has 0 amide bonds. The molecule has 5 aromatic rings. The lowest BCUT2D eigenvalue weighted by atomic mass is 9.89. The van der Waals surface area contributed by atoms with Crippen LogP contribution >= 0.6 is 11.6 Å². The lowest BCUT2D eigenvalue weighted by Gasteiger charge is -2.29. The van der Waals surface area contributed by atoms with Gasteiger partial charge in [0, 0.05) is 45.5 Å². The monoisotopic (exact) mass is 619 g/mol. The summed E-state index contributed by atoms with van der Waals surface area (Å²) < 4.78 is 41.0. The van der Waals surface area contributed by atoms with Crippen LogP contribution in [-0.2, 0) is 12.7 Å². The number of hydrogen-bond donors (Lipinski definition) is 1. The zero-order chi connectivity index (χ0) is 31.0. The number of anilines is 2. The third kappa shape index (κ3) is 6.02. The number of alkyl halides is 3. The first-order valence-corrected chi connectivity index (χ1v) is 14.6. The van der Waals surface area contributed by atoms with E-state index in [4.69, 9.17) is 11.6 Å². The molecular weight excluding hydrogens is 591 g/mol. The van der Waals surface area contributed by atoms with E-state index in [1.54, 1.807) is 29.0 Å². The van der Waals surface area contributed by atoms with E-state index in [0.717, 1.165) is 44.0 Å². The van der Waals surface area contributed by atoms with Crippen LogP contribution < -0.4 is 10.9 Å². The summed E-state index contributed by atoms with van der Waals surface area (Å²) in [6.45, 7) is 4.40. The van der Waals surface area contributed by atoms with Crippen LogP contribution in [0.1, 0.15) is 36.9 Å². The van der Waals surface area contributed by atoms with Crippen molar-refractivity contribution in [3.63, 3.8) is 0 Å². The van der Waals surface area contributed by atoms with E-state index in [0.29, 0.717) is 46.1 Å². The molecule has 0 spiro atoms. The molecule has 226 valence electrons. The number of nitrogens with one attached hydrogen (secondary N) is 1. The van der Waals surface area contributed by atoms with Gasteiger partial charge in [-0.25, -0.2) is 15.0 Å². The summed E-state index contributed by atoms with van der Waals surface area (Å²) in [6.07, 6.45) is 0.194. The molecule has 0 radical (unpaired) electrons. The number of hydrogen-bond acceptors (Lipinski definition) is 7. The van der Waals surface area contributed by atoms with Crippen molar-refractivity contribution < 1.29 is 13.2 Å². The summed E-state index contributed by atoms with van der Waals surface area (Å²) >= 11 is 6.59. The number of fused-ring (bicyclic) bond motifs is 1. The van der Waals surface area contributed by atoms with Crippen molar-refractivity contribution in [2.45, 2.75) is 38.4 Å². The zero-order valence-electron chi connectivity index (χ0n) is 24.1. The van der Waals surface area contributed by atoms with Crippen LogP contribution in [0.2, 0.25) is 5.02 Å². The van der Waals surface area contributed by atoms with Crippen molar-refractivity contribution in [3.05, 3.63) is 93.8 Å². The minimum atomic E-state index is -4.61. The van der Waals surface area contributed by atoms with Gasteiger partial charge in [0.15, 0.2) is 0 Å². The Kier molecular flexibility index (Phi) is 8.08. The van der Waals surface area contributed by atoms with Crippen LogP contribution in [0.25, 0.3) is 33.4 Å². The smallest absolute Gasteiger partial charge is 0.324 e. The molecule has 2 aromatic carbocycles. The number of pyridine rings is 1. The maximum Gasteiger partial charge on any atom is 0.433 e. The predicted octanol–water partition coefficient (Wildman–Crippen LogP) is 7.16. The Labute approximate surface area is 256 Å². The molecule has 1 fully saturated rings. The molecule has 6 rings (SSSR count). The number of likely N-dealkylation sites (tertiary alicyclic amines) is 1. The second-order valence-corrected chi connectivity index (χ2v) is 11.3. The number of aryl methyl sites for hydroxylation is 1. The van der Waals surface area contributed by atoms with E-state index >= 15 is 0 Å². The van der Waals surface area contributed by atoms with Gasteiger partial charge in [-0.2, -0.15) is 18.2 Å². The normalized spacial score (nSPS) is 14.7. The zero-order valence-corrected chi connectivity index (χ0v) is 24.8. The van der Waals surface area contributed by atoms with E-state index in [2.05, 4.69) is 49.3 Å². The third-order valence-corrected chi connectivity index (χ3v) is 8.33. The van der Waals surface area contributed by atoms with Crippen LogP contribution in [-0.4, -0.2) is 49.5 Å². The highest BCUT2D eigenvalue weighted by Crippen LogP contribution is 2.34. The van der Waals surface area contributed by atoms with Crippen molar-refractivity contribution in [1.29, 1.82) is 0 Å². The van der Waals surface area contributed by atoms with Gasteiger partial charge in [-0.15, -0.1) is 0 Å².